The molecule has 0 aliphatic rings. The second-order valence-corrected chi connectivity index (χ2v) is 5.46. The molecule has 0 spiro atoms. The van der Waals surface area contributed by atoms with E-state index in [4.69, 9.17) is 0 Å². The van der Waals surface area contributed by atoms with Crippen LogP contribution in [0.5, 0.6) is 0 Å². The minimum atomic E-state index is -1.02. The largest absolute Gasteiger partial charge is 0.394 e. The number of aromatic nitrogens is 1. The molecule has 2 N–H and O–H groups in total. The molecule has 22 heavy (non-hydrogen) atoms. The van der Waals surface area contributed by atoms with E-state index in [0.717, 1.165) is 16.5 Å². The van der Waals surface area contributed by atoms with Crippen LogP contribution < -0.4 is 0 Å². The summed E-state index contributed by atoms with van der Waals surface area (Å²) in [6.45, 7) is 1.51. The summed E-state index contributed by atoms with van der Waals surface area (Å²) in [5, 5.41) is 20.5. The maximum Gasteiger partial charge on any atom is 0.147 e. The smallest absolute Gasteiger partial charge is 0.147 e. The molecule has 0 saturated heterocycles. The predicted molar refractivity (Wildman–Crippen MR) is 84.3 cm³/mol. The third kappa shape index (κ3) is 2.40. The summed E-state index contributed by atoms with van der Waals surface area (Å²) in [6, 6.07) is 13.7. The highest BCUT2D eigenvalue weighted by Crippen LogP contribution is 2.31. The van der Waals surface area contributed by atoms with Gasteiger partial charge in [-0.25, -0.2) is 4.39 Å². The van der Waals surface area contributed by atoms with Crippen LogP contribution in [0.15, 0.2) is 54.7 Å². The number of fused-ring (bicyclic) bond motifs is 1. The molecule has 1 heterocycles. The van der Waals surface area contributed by atoms with Gasteiger partial charge >= 0.3 is 0 Å². The molecule has 2 aromatic carbocycles. The van der Waals surface area contributed by atoms with Gasteiger partial charge in [0.05, 0.1) is 18.2 Å². The van der Waals surface area contributed by atoms with E-state index in [9.17, 15) is 14.6 Å². The average Bonchev–Trinajstić information content (AvgIpc) is 2.87. The van der Waals surface area contributed by atoms with Crippen molar-refractivity contribution in [3.63, 3.8) is 0 Å². The van der Waals surface area contributed by atoms with Crippen molar-refractivity contribution in [1.29, 1.82) is 0 Å². The van der Waals surface area contributed by atoms with Crippen LogP contribution in [0.25, 0.3) is 10.9 Å². The van der Waals surface area contributed by atoms with Crippen molar-refractivity contribution in [3.05, 3.63) is 71.7 Å². The zero-order chi connectivity index (χ0) is 15.7. The Morgan fingerprint density at radius 1 is 1.09 bits per heavy atom. The van der Waals surface area contributed by atoms with Gasteiger partial charge in [-0.05, 0) is 24.1 Å². The number of aliphatic hydroxyl groups excluding tert-OH is 2. The minimum Gasteiger partial charge on any atom is -0.394 e. The van der Waals surface area contributed by atoms with Crippen molar-refractivity contribution < 1.29 is 14.6 Å². The van der Waals surface area contributed by atoms with Crippen molar-refractivity contribution in [1.82, 2.24) is 4.57 Å². The van der Waals surface area contributed by atoms with Crippen LogP contribution in [0.4, 0.5) is 4.39 Å². The molecule has 0 aliphatic carbocycles. The maximum absolute atomic E-state index is 14.3. The Morgan fingerprint density at radius 3 is 2.50 bits per heavy atom. The predicted octanol–water partition coefficient (Wildman–Crippen LogP) is 3.03. The molecule has 0 aliphatic heterocycles. The van der Waals surface area contributed by atoms with E-state index >= 15 is 0 Å². The highest BCUT2D eigenvalue weighted by atomic mass is 19.1. The van der Waals surface area contributed by atoms with Gasteiger partial charge in [0.25, 0.3) is 0 Å². The number of aryl methyl sites for hydroxylation is 1. The Bertz CT molecular complexity index is 782. The highest BCUT2D eigenvalue weighted by molar-refractivity contribution is 5.84. The van der Waals surface area contributed by atoms with Gasteiger partial charge in [0.1, 0.15) is 11.9 Å². The SMILES string of the molecule is Cc1cn([C@@H](c2ccccc2)[C@H](O)CO)c2c(F)cccc12. The average molecular weight is 299 g/mol. The zero-order valence-corrected chi connectivity index (χ0v) is 12.3. The molecule has 0 radical (unpaired) electrons. The molecular weight excluding hydrogens is 281 g/mol. The molecule has 114 valence electrons. The third-order valence-corrected chi connectivity index (χ3v) is 3.99. The Hall–Kier alpha value is -2.17. The molecule has 3 rings (SSSR count). The molecule has 0 fully saturated rings. The van der Waals surface area contributed by atoms with Crippen LogP contribution in [0, 0.1) is 12.7 Å². The van der Waals surface area contributed by atoms with E-state index in [2.05, 4.69) is 0 Å². The molecule has 3 nitrogen and oxygen atoms in total. The lowest BCUT2D eigenvalue weighted by Gasteiger charge is -2.25. The number of rotatable bonds is 4. The Balaban J connectivity index is 2.25. The van der Waals surface area contributed by atoms with Crippen LogP contribution in [0.1, 0.15) is 17.2 Å². The normalized spacial score (nSPS) is 14.2. The van der Waals surface area contributed by atoms with Crippen molar-refractivity contribution in [2.75, 3.05) is 6.61 Å². The fourth-order valence-electron chi connectivity index (χ4n) is 2.98. The van der Waals surface area contributed by atoms with Crippen molar-refractivity contribution >= 4 is 10.9 Å². The van der Waals surface area contributed by atoms with E-state index in [-0.39, 0.29) is 5.82 Å². The molecule has 0 amide bonds. The summed E-state index contributed by atoms with van der Waals surface area (Å²) in [6.07, 6.45) is 0.807. The number of benzene rings is 2. The van der Waals surface area contributed by atoms with Crippen LogP contribution in [-0.2, 0) is 0 Å². The van der Waals surface area contributed by atoms with Crippen LogP contribution in [0.3, 0.4) is 0 Å². The minimum absolute atomic E-state index is 0.336. The van der Waals surface area contributed by atoms with Gasteiger partial charge in [0, 0.05) is 11.6 Å². The number of hydrogen-bond donors (Lipinski definition) is 2. The van der Waals surface area contributed by atoms with Crippen molar-refractivity contribution in [2.45, 2.75) is 19.1 Å². The summed E-state index contributed by atoms with van der Waals surface area (Å²) in [4.78, 5) is 0. The third-order valence-electron chi connectivity index (χ3n) is 3.99. The number of nitrogens with zero attached hydrogens (tertiary/aromatic N) is 1. The van der Waals surface area contributed by atoms with Crippen molar-refractivity contribution in [3.8, 4) is 0 Å². The summed E-state index contributed by atoms with van der Waals surface area (Å²) < 4.78 is 16.1. The molecule has 1 aromatic heterocycles. The van der Waals surface area contributed by atoms with Crippen molar-refractivity contribution in [2.24, 2.45) is 0 Å². The Labute approximate surface area is 128 Å². The fourth-order valence-corrected chi connectivity index (χ4v) is 2.98. The summed E-state index contributed by atoms with van der Waals surface area (Å²) in [5.74, 6) is -0.336. The molecular formula is C18H18FNO2. The summed E-state index contributed by atoms with van der Waals surface area (Å²) in [7, 11) is 0. The van der Waals surface area contributed by atoms with E-state index in [1.54, 1.807) is 10.6 Å². The molecule has 3 aromatic rings. The van der Waals surface area contributed by atoms with Gasteiger partial charge in [-0.2, -0.15) is 0 Å². The Morgan fingerprint density at radius 2 is 1.82 bits per heavy atom. The topological polar surface area (TPSA) is 45.4 Å². The standard InChI is InChI=1S/C18H18FNO2/c1-12-10-20(18-14(12)8-5-9-15(18)19)17(16(22)11-21)13-6-3-2-4-7-13/h2-10,16-17,21-22H,11H2,1H3/t16-,17+/m1/s1. The molecule has 0 unspecified atom stereocenters. The number of halogens is 1. The van der Waals surface area contributed by atoms with Crippen LogP contribution in [-0.4, -0.2) is 27.5 Å². The first-order valence-corrected chi connectivity index (χ1v) is 7.23. The lowest BCUT2D eigenvalue weighted by atomic mass is 10.0. The number of hydrogen-bond acceptors (Lipinski definition) is 2. The van der Waals surface area contributed by atoms with Gasteiger partial charge < -0.3 is 14.8 Å². The first-order chi connectivity index (χ1) is 10.6. The number of para-hydroxylation sites is 1. The van der Waals surface area contributed by atoms with E-state index in [1.807, 2.05) is 49.5 Å². The molecule has 0 saturated carbocycles. The Kier molecular flexibility index (Phi) is 3.96. The monoisotopic (exact) mass is 299 g/mol. The highest BCUT2D eigenvalue weighted by Gasteiger charge is 2.25. The molecule has 0 bridgehead atoms. The lowest BCUT2D eigenvalue weighted by molar-refractivity contribution is 0.0652. The second kappa shape index (κ2) is 5.91. The van der Waals surface area contributed by atoms with Gasteiger partial charge in [-0.1, -0.05) is 42.5 Å². The number of aliphatic hydroxyl groups is 2. The maximum atomic E-state index is 14.3. The van der Waals surface area contributed by atoms with E-state index < -0.39 is 18.8 Å². The zero-order valence-electron chi connectivity index (χ0n) is 12.3. The summed E-state index contributed by atoms with van der Waals surface area (Å²) >= 11 is 0. The molecule has 4 heteroatoms. The fraction of sp³-hybridized carbons (Fsp3) is 0.222. The van der Waals surface area contributed by atoms with Crippen LogP contribution in [0.2, 0.25) is 0 Å². The van der Waals surface area contributed by atoms with Crippen LogP contribution >= 0.6 is 0 Å². The van der Waals surface area contributed by atoms with Gasteiger partial charge in [-0.15, -0.1) is 0 Å². The lowest BCUT2D eigenvalue weighted by Crippen LogP contribution is -2.28. The summed E-state index contributed by atoms with van der Waals surface area (Å²) in [5.41, 5.74) is 2.20. The van der Waals surface area contributed by atoms with Gasteiger partial charge in [-0.3, -0.25) is 0 Å². The quantitative estimate of drug-likeness (QED) is 0.778. The first kappa shape index (κ1) is 14.8. The van der Waals surface area contributed by atoms with Gasteiger partial charge in [0.2, 0.25) is 0 Å². The van der Waals surface area contributed by atoms with E-state index in [1.165, 1.54) is 6.07 Å². The van der Waals surface area contributed by atoms with E-state index in [0.29, 0.717) is 5.52 Å². The molecule has 2 atom stereocenters. The second-order valence-electron chi connectivity index (χ2n) is 5.46. The van der Waals surface area contributed by atoms with Gasteiger partial charge in [0.15, 0.2) is 0 Å². The first-order valence-electron chi connectivity index (χ1n) is 7.23.